The van der Waals surface area contributed by atoms with Crippen LogP contribution in [0.25, 0.3) is 0 Å². The maximum Gasteiger partial charge on any atom is 0.237 e. The summed E-state index contributed by atoms with van der Waals surface area (Å²) in [6.07, 6.45) is 2.52. The molecule has 2 rings (SSSR count). The van der Waals surface area contributed by atoms with Gasteiger partial charge in [-0.3, -0.25) is 4.79 Å². The van der Waals surface area contributed by atoms with Crippen LogP contribution in [-0.2, 0) is 17.6 Å². The van der Waals surface area contributed by atoms with Crippen LogP contribution in [0, 0.1) is 5.92 Å². The number of halogens is 1. The number of carbonyl (C=O) groups is 1. The molecular formula is C23H31ClN2O3. The van der Waals surface area contributed by atoms with Gasteiger partial charge in [-0.25, -0.2) is 0 Å². The molecule has 0 saturated carbocycles. The molecule has 1 atom stereocenters. The Morgan fingerprint density at radius 2 is 1.76 bits per heavy atom. The van der Waals surface area contributed by atoms with Crippen molar-refractivity contribution in [2.24, 2.45) is 11.7 Å². The van der Waals surface area contributed by atoms with E-state index in [1.165, 1.54) is 5.56 Å². The SMILES string of the molecule is COc1cc(CCNC(=O)C(N)C(C)C)ccc1OCCCc1ccc(Cl)cc1. The molecule has 158 valence electrons. The zero-order chi connectivity index (χ0) is 21.2. The van der Waals surface area contributed by atoms with E-state index in [4.69, 9.17) is 26.8 Å². The second-order valence-corrected chi connectivity index (χ2v) is 7.81. The van der Waals surface area contributed by atoms with Gasteiger partial charge in [0.05, 0.1) is 19.8 Å². The van der Waals surface area contributed by atoms with Crippen LogP contribution in [0.5, 0.6) is 11.5 Å². The molecule has 0 aliphatic heterocycles. The van der Waals surface area contributed by atoms with Crippen LogP contribution < -0.4 is 20.5 Å². The minimum atomic E-state index is -0.479. The number of benzene rings is 2. The highest BCUT2D eigenvalue weighted by Crippen LogP contribution is 2.28. The third-order valence-corrected chi connectivity index (χ3v) is 4.99. The molecule has 29 heavy (non-hydrogen) atoms. The summed E-state index contributed by atoms with van der Waals surface area (Å²) in [5, 5.41) is 3.63. The first-order valence-corrected chi connectivity index (χ1v) is 10.4. The van der Waals surface area contributed by atoms with Crippen molar-refractivity contribution in [1.29, 1.82) is 0 Å². The Balaban J connectivity index is 1.80. The molecule has 0 bridgehead atoms. The lowest BCUT2D eigenvalue weighted by molar-refractivity contribution is -0.123. The predicted molar refractivity (Wildman–Crippen MR) is 118 cm³/mol. The quantitative estimate of drug-likeness (QED) is 0.541. The molecule has 3 N–H and O–H groups in total. The van der Waals surface area contributed by atoms with Gasteiger partial charge in [0, 0.05) is 11.6 Å². The summed E-state index contributed by atoms with van der Waals surface area (Å²) in [6, 6.07) is 13.2. The number of methoxy groups -OCH3 is 1. The fourth-order valence-corrected chi connectivity index (χ4v) is 2.97. The van der Waals surface area contributed by atoms with Gasteiger partial charge in [-0.05, 0) is 60.6 Å². The molecule has 1 amide bonds. The van der Waals surface area contributed by atoms with Crippen molar-refractivity contribution in [3.8, 4) is 11.5 Å². The van der Waals surface area contributed by atoms with Crippen LogP contribution in [0.1, 0.15) is 31.4 Å². The molecule has 1 unspecified atom stereocenters. The Kier molecular flexibility index (Phi) is 9.29. The Bertz CT molecular complexity index is 778. The fraction of sp³-hybridized carbons (Fsp3) is 0.435. The predicted octanol–water partition coefficient (Wildman–Crippen LogP) is 4.00. The largest absolute Gasteiger partial charge is 0.493 e. The fourth-order valence-electron chi connectivity index (χ4n) is 2.85. The number of hydrogen-bond acceptors (Lipinski definition) is 4. The summed E-state index contributed by atoms with van der Waals surface area (Å²) in [5.74, 6) is 1.41. The molecule has 6 heteroatoms. The molecule has 0 spiro atoms. The summed E-state index contributed by atoms with van der Waals surface area (Å²) in [7, 11) is 1.63. The molecule has 0 aliphatic carbocycles. The number of amides is 1. The van der Waals surface area contributed by atoms with E-state index < -0.39 is 6.04 Å². The van der Waals surface area contributed by atoms with Crippen LogP contribution in [0.4, 0.5) is 0 Å². The Morgan fingerprint density at radius 3 is 2.41 bits per heavy atom. The molecule has 0 aromatic heterocycles. The molecular weight excluding hydrogens is 388 g/mol. The first-order valence-electron chi connectivity index (χ1n) is 9.98. The van der Waals surface area contributed by atoms with E-state index >= 15 is 0 Å². The minimum absolute atomic E-state index is 0.117. The topological polar surface area (TPSA) is 73.6 Å². The van der Waals surface area contributed by atoms with Crippen molar-refractivity contribution >= 4 is 17.5 Å². The summed E-state index contributed by atoms with van der Waals surface area (Å²) in [4.78, 5) is 11.9. The average Bonchev–Trinajstić information content (AvgIpc) is 2.72. The van der Waals surface area contributed by atoms with Gasteiger partial charge in [-0.1, -0.05) is 43.6 Å². The van der Waals surface area contributed by atoms with Crippen LogP contribution >= 0.6 is 11.6 Å². The molecule has 0 aliphatic rings. The van der Waals surface area contributed by atoms with Crippen molar-refractivity contribution in [2.75, 3.05) is 20.3 Å². The second kappa shape index (κ2) is 11.7. The molecule has 0 radical (unpaired) electrons. The van der Waals surface area contributed by atoms with Crippen LogP contribution in [0.3, 0.4) is 0 Å². The summed E-state index contributed by atoms with van der Waals surface area (Å²) < 4.78 is 11.4. The van der Waals surface area contributed by atoms with Gasteiger partial charge < -0.3 is 20.5 Å². The van der Waals surface area contributed by atoms with Gasteiger partial charge in [-0.2, -0.15) is 0 Å². The Morgan fingerprint density at radius 1 is 1.07 bits per heavy atom. The van der Waals surface area contributed by atoms with Gasteiger partial charge in [-0.15, -0.1) is 0 Å². The van der Waals surface area contributed by atoms with Gasteiger partial charge >= 0.3 is 0 Å². The smallest absolute Gasteiger partial charge is 0.237 e. The third kappa shape index (κ3) is 7.59. The van der Waals surface area contributed by atoms with Crippen molar-refractivity contribution in [3.63, 3.8) is 0 Å². The van der Waals surface area contributed by atoms with Gasteiger partial charge in [0.1, 0.15) is 0 Å². The van der Waals surface area contributed by atoms with E-state index in [1.807, 2.05) is 56.3 Å². The first-order chi connectivity index (χ1) is 13.9. The number of aryl methyl sites for hydroxylation is 1. The van der Waals surface area contributed by atoms with E-state index in [2.05, 4.69) is 5.32 Å². The summed E-state index contributed by atoms with van der Waals surface area (Å²) in [6.45, 7) is 5.00. The standard InChI is InChI=1S/C23H31ClN2O3/c1-16(2)22(25)23(27)26-13-12-18-8-11-20(21(15-18)28-3)29-14-4-5-17-6-9-19(24)10-7-17/h6-11,15-16,22H,4-5,12-14,25H2,1-3H3,(H,26,27). The van der Waals surface area contributed by atoms with Gasteiger partial charge in [0.15, 0.2) is 11.5 Å². The number of hydrogen-bond donors (Lipinski definition) is 2. The third-order valence-electron chi connectivity index (χ3n) is 4.74. The second-order valence-electron chi connectivity index (χ2n) is 7.37. The number of nitrogens with one attached hydrogen (secondary N) is 1. The Labute approximate surface area is 178 Å². The maximum atomic E-state index is 11.9. The lowest BCUT2D eigenvalue weighted by Crippen LogP contribution is -2.44. The zero-order valence-corrected chi connectivity index (χ0v) is 18.2. The van der Waals surface area contributed by atoms with E-state index in [0.717, 1.165) is 29.2 Å². The number of rotatable bonds is 11. The van der Waals surface area contributed by atoms with E-state index in [9.17, 15) is 4.79 Å². The van der Waals surface area contributed by atoms with E-state index in [0.29, 0.717) is 25.3 Å². The van der Waals surface area contributed by atoms with Crippen LogP contribution in [0.2, 0.25) is 5.02 Å². The van der Waals surface area contributed by atoms with Crippen molar-refractivity contribution in [2.45, 2.75) is 39.2 Å². The Hall–Kier alpha value is -2.24. The highest BCUT2D eigenvalue weighted by Gasteiger charge is 2.16. The normalized spacial score (nSPS) is 11.9. The minimum Gasteiger partial charge on any atom is -0.493 e. The molecule has 0 fully saturated rings. The van der Waals surface area contributed by atoms with Crippen molar-refractivity contribution < 1.29 is 14.3 Å². The molecule has 5 nitrogen and oxygen atoms in total. The van der Waals surface area contributed by atoms with Gasteiger partial charge in [0.25, 0.3) is 0 Å². The van der Waals surface area contributed by atoms with Crippen molar-refractivity contribution in [3.05, 3.63) is 58.6 Å². The first kappa shape index (κ1) is 23.0. The highest BCUT2D eigenvalue weighted by atomic mass is 35.5. The molecule has 2 aromatic carbocycles. The zero-order valence-electron chi connectivity index (χ0n) is 17.4. The lowest BCUT2D eigenvalue weighted by atomic mass is 10.0. The van der Waals surface area contributed by atoms with Crippen LogP contribution in [0.15, 0.2) is 42.5 Å². The summed E-state index contributed by atoms with van der Waals surface area (Å²) >= 11 is 5.91. The molecule has 0 heterocycles. The number of nitrogens with two attached hydrogens (primary N) is 1. The lowest BCUT2D eigenvalue weighted by Gasteiger charge is -2.16. The highest BCUT2D eigenvalue weighted by molar-refractivity contribution is 6.30. The average molecular weight is 419 g/mol. The summed E-state index contributed by atoms with van der Waals surface area (Å²) in [5.41, 5.74) is 8.15. The van der Waals surface area contributed by atoms with E-state index in [1.54, 1.807) is 7.11 Å². The maximum absolute atomic E-state index is 11.9. The monoisotopic (exact) mass is 418 g/mol. The van der Waals surface area contributed by atoms with Crippen LogP contribution in [-0.4, -0.2) is 32.2 Å². The molecule has 0 saturated heterocycles. The van der Waals surface area contributed by atoms with Gasteiger partial charge in [0.2, 0.25) is 5.91 Å². The molecule has 2 aromatic rings. The number of ether oxygens (including phenoxy) is 2. The van der Waals surface area contributed by atoms with Crippen molar-refractivity contribution in [1.82, 2.24) is 5.32 Å². The van der Waals surface area contributed by atoms with E-state index in [-0.39, 0.29) is 11.8 Å². The number of carbonyl (C=O) groups excluding carboxylic acids is 1.